The molecule has 0 N–H and O–H groups in total. The van der Waals surface area contributed by atoms with E-state index in [1.165, 1.54) is 4.31 Å². The Morgan fingerprint density at radius 2 is 1.82 bits per heavy atom. The molecule has 0 fully saturated rings. The molecule has 118 valence electrons. The molecule has 3 rings (SSSR count). The lowest BCUT2D eigenvalue weighted by molar-refractivity contribution is 0.281. The zero-order valence-electron chi connectivity index (χ0n) is 12.5. The standard InChI is InChI=1S/C15H18BrN3O2S/c1-17(2)22(20,21)19-11-10-18-9-3-4-14(18)15(19)12-5-7-13(16)8-6-12/h3-9,15H,10-11H2,1-2H3/t15-/m1/s1. The Morgan fingerprint density at radius 1 is 1.14 bits per heavy atom. The zero-order valence-corrected chi connectivity index (χ0v) is 14.9. The lowest BCUT2D eigenvalue weighted by atomic mass is 10.0. The van der Waals surface area contributed by atoms with Crippen molar-refractivity contribution < 1.29 is 8.42 Å². The first-order valence-electron chi connectivity index (χ1n) is 7.01. The molecule has 0 aliphatic carbocycles. The quantitative estimate of drug-likeness (QED) is 0.816. The van der Waals surface area contributed by atoms with Crippen molar-refractivity contribution in [2.75, 3.05) is 20.6 Å². The van der Waals surface area contributed by atoms with Gasteiger partial charge in [0.2, 0.25) is 0 Å². The molecule has 0 amide bonds. The summed E-state index contributed by atoms with van der Waals surface area (Å²) in [6.45, 7) is 1.13. The molecule has 0 saturated heterocycles. The van der Waals surface area contributed by atoms with Gasteiger partial charge in [-0.15, -0.1) is 0 Å². The summed E-state index contributed by atoms with van der Waals surface area (Å²) in [6.07, 6.45) is 2.00. The Balaban J connectivity index is 2.13. The molecular weight excluding hydrogens is 366 g/mol. The molecule has 2 heterocycles. The fourth-order valence-electron chi connectivity index (χ4n) is 2.80. The largest absolute Gasteiger partial charge is 0.348 e. The van der Waals surface area contributed by atoms with E-state index in [0.717, 1.165) is 15.7 Å². The summed E-state index contributed by atoms with van der Waals surface area (Å²) < 4.78 is 31.3. The van der Waals surface area contributed by atoms with E-state index in [-0.39, 0.29) is 6.04 Å². The van der Waals surface area contributed by atoms with Crippen molar-refractivity contribution in [1.29, 1.82) is 0 Å². The van der Waals surface area contributed by atoms with Crippen LogP contribution in [0.1, 0.15) is 17.3 Å². The maximum atomic E-state index is 12.7. The molecule has 7 heteroatoms. The predicted molar refractivity (Wildman–Crippen MR) is 89.7 cm³/mol. The van der Waals surface area contributed by atoms with Crippen LogP contribution in [0.15, 0.2) is 47.1 Å². The Kier molecular flexibility index (Phi) is 4.15. The van der Waals surface area contributed by atoms with E-state index in [0.29, 0.717) is 13.1 Å². The molecule has 1 aromatic heterocycles. The molecule has 1 aliphatic heterocycles. The molecule has 0 unspecified atom stereocenters. The predicted octanol–water partition coefficient (Wildman–Crippen LogP) is 2.46. The van der Waals surface area contributed by atoms with Crippen LogP contribution in [0.3, 0.4) is 0 Å². The SMILES string of the molecule is CN(C)S(=O)(=O)N1CCn2cccc2[C@H]1c1ccc(Br)cc1. The van der Waals surface area contributed by atoms with Gasteiger partial charge in [0, 0.05) is 43.5 Å². The van der Waals surface area contributed by atoms with E-state index in [4.69, 9.17) is 0 Å². The molecule has 2 aromatic rings. The van der Waals surface area contributed by atoms with Crippen molar-refractivity contribution in [1.82, 2.24) is 13.2 Å². The molecule has 1 aliphatic rings. The molecule has 0 spiro atoms. The van der Waals surface area contributed by atoms with Gasteiger partial charge in [-0.3, -0.25) is 0 Å². The third-order valence-corrected chi connectivity index (χ3v) is 6.38. The maximum absolute atomic E-state index is 12.7. The van der Waals surface area contributed by atoms with Crippen LogP contribution in [0.2, 0.25) is 0 Å². The molecule has 0 bridgehead atoms. The fraction of sp³-hybridized carbons (Fsp3) is 0.333. The Labute approximate surface area is 139 Å². The Hall–Kier alpha value is -1.15. The summed E-state index contributed by atoms with van der Waals surface area (Å²) in [5, 5.41) is 0. The average Bonchev–Trinajstić information content (AvgIpc) is 2.95. The molecular formula is C15H18BrN3O2S. The molecule has 5 nitrogen and oxygen atoms in total. The minimum Gasteiger partial charge on any atom is -0.348 e. The number of hydrogen-bond donors (Lipinski definition) is 0. The van der Waals surface area contributed by atoms with Gasteiger partial charge in [-0.2, -0.15) is 17.0 Å². The summed E-state index contributed by atoms with van der Waals surface area (Å²) in [5.74, 6) is 0. The summed E-state index contributed by atoms with van der Waals surface area (Å²) >= 11 is 3.43. The molecule has 22 heavy (non-hydrogen) atoms. The van der Waals surface area contributed by atoms with E-state index in [2.05, 4.69) is 20.5 Å². The number of hydrogen-bond acceptors (Lipinski definition) is 2. The van der Waals surface area contributed by atoms with Crippen molar-refractivity contribution in [2.24, 2.45) is 0 Å². The first-order chi connectivity index (χ1) is 10.4. The van der Waals surface area contributed by atoms with E-state index in [1.54, 1.807) is 18.4 Å². The lowest BCUT2D eigenvalue weighted by Gasteiger charge is -2.37. The van der Waals surface area contributed by atoms with E-state index in [9.17, 15) is 8.42 Å². The van der Waals surface area contributed by atoms with Crippen molar-refractivity contribution in [2.45, 2.75) is 12.6 Å². The Morgan fingerprint density at radius 3 is 2.45 bits per heavy atom. The van der Waals surface area contributed by atoms with Gasteiger partial charge in [0.25, 0.3) is 10.2 Å². The number of fused-ring (bicyclic) bond motifs is 1. The van der Waals surface area contributed by atoms with Crippen LogP contribution in [-0.2, 0) is 16.8 Å². The van der Waals surface area contributed by atoms with Gasteiger partial charge in [0.15, 0.2) is 0 Å². The van der Waals surface area contributed by atoms with Gasteiger partial charge in [0.1, 0.15) is 0 Å². The second-order valence-electron chi connectivity index (χ2n) is 5.48. The van der Waals surface area contributed by atoms with Gasteiger partial charge in [-0.1, -0.05) is 28.1 Å². The first kappa shape index (κ1) is 15.7. The number of rotatable bonds is 3. The number of benzene rings is 1. The highest BCUT2D eigenvalue weighted by Gasteiger charge is 2.37. The fourth-order valence-corrected chi connectivity index (χ4v) is 4.29. The van der Waals surface area contributed by atoms with Gasteiger partial charge in [-0.05, 0) is 29.8 Å². The van der Waals surface area contributed by atoms with E-state index < -0.39 is 10.2 Å². The summed E-state index contributed by atoms with van der Waals surface area (Å²) in [5.41, 5.74) is 1.97. The zero-order chi connectivity index (χ0) is 15.9. The highest BCUT2D eigenvalue weighted by Crippen LogP contribution is 2.35. The lowest BCUT2D eigenvalue weighted by Crippen LogP contribution is -2.47. The average molecular weight is 384 g/mol. The molecule has 0 saturated carbocycles. The van der Waals surface area contributed by atoms with Gasteiger partial charge in [0.05, 0.1) is 6.04 Å². The third kappa shape index (κ3) is 2.62. The molecule has 1 atom stereocenters. The van der Waals surface area contributed by atoms with Gasteiger partial charge >= 0.3 is 0 Å². The van der Waals surface area contributed by atoms with Crippen LogP contribution < -0.4 is 0 Å². The minimum atomic E-state index is -3.49. The second kappa shape index (κ2) is 5.81. The maximum Gasteiger partial charge on any atom is 0.282 e. The number of aromatic nitrogens is 1. The van der Waals surface area contributed by atoms with Crippen LogP contribution in [0, 0.1) is 0 Å². The van der Waals surface area contributed by atoms with Crippen LogP contribution in [0.25, 0.3) is 0 Å². The smallest absolute Gasteiger partial charge is 0.282 e. The monoisotopic (exact) mass is 383 g/mol. The Bertz CT molecular complexity index is 768. The summed E-state index contributed by atoms with van der Waals surface area (Å²) in [6, 6.07) is 11.5. The van der Waals surface area contributed by atoms with Gasteiger partial charge < -0.3 is 4.57 Å². The van der Waals surface area contributed by atoms with E-state index >= 15 is 0 Å². The normalized spacial score (nSPS) is 19.4. The third-order valence-electron chi connectivity index (χ3n) is 3.94. The number of nitrogens with zero attached hydrogens (tertiary/aromatic N) is 3. The van der Waals surface area contributed by atoms with Crippen molar-refractivity contribution in [3.05, 3.63) is 58.3 Å². The van der Waals surface area contributed by atoms with Crippen LogP contribution >= 0.6 is 15.9 Å². The highest BCUT2D eigenvalue weighted by atomic mass is 79.9. The summed E-state index contributed by atoms with van der Waals surface area (Å²) in [4.78, 5) is 0. The van der Waals surface area contributed by atoms with Crippen LogP contribution in [0.5, 0.6) is 0 Å². The second-order valence-corrected chi connectivity index (χ2v) is 8.49. The first-order valence-corrected chi connectivity index (χ1v) is 9.20. The van der Waals surface area contributed by atoms with Crippen molar-refractivity contribution >= 4 is 26.1 Å². The highest BCUT2D eigenvalue weighted by molar-refractivity contribution is 9.10. The van der Waals surface area contributed by atoms with Crippen LogP contribution in [-0.4, -0.2) is 42.2 Å². The topological polar surface area (TPSA) is 45.6 Å². The number of halogens is 1. The van der Waals surface area contributed by atoms with Crippen LogP contribution in [0.4, 0.5) is 0 Å². The van der Waals surface area contributed by atoms with Crippen molar-refractivity contribution in [3.8, 4) is 0 Å². The minimum absolute atomic E-state index is 0.302. The van der Waals surface area contributed by atoms with Crippen molar-refractivity contribution in [3.63, 3.8) is 0 Å². The molecule has 0 radical (unpaired) electrons. The summed E-state index contributed by atoms with van der Waals surface area (Å²) in [7, 11) is -0.344. The molecule has 1 aromatic carbocycles. The van der Waals surface area contributed by atoms with Gasteiger partial charge in [-0.25, -0.2) is 0 Å². The van der Waals surface area contributed by atoms with E-state index in [1.807, 2.05) is 42.6 Å².